The quantitative estimate of drug-likeness (QED) is 0.677. The molecule has 28 heavy (non-hydrogen) atoms. The lowest BCUT2D eigenvalue weighted by Gasteiger charge is -2.16. The Bertz CT molecular complexity index is 1110. The van der Waals surface area contributed by atoms with Gasteiger partial charge in [0.1, 0.15) is 11.5 Å². The van der Waals surface area contributed by atoms with Crippen molar-refractivity contribution in [3.05, 3.63) is 91.6 Å². The summed E-state index contributed by atoms with van der Waals surface area (Å²) in [7, 11) is 0. The van der Waals surface area contributed by atoms with Crippen LogP contribution in [0.4, 0.5) is 4.39 Å². The number of para-hydroxylation sites is 1. The third-order valence-electron chi connectivity index (χ3n) is 4.19. The van der Waals surface area contributed by atoms with Crippen LogP contribution in [0.2, 0.25) is 10.0 Å². The molecule has 1 N–H and O–H groups in total. The molecule has 0 aliphatic heterocycles. The molecule has 0 aliphatic rings. The Morgan fingerprint density at radius 3 is 2.54 bits per heavy atom. The largest absolute Gasteiger partial charge is 0.344 e. The molecule has 0 saturated carbocycles. The second-order valence-electron chi connectivity index (χ2n) is 6.23. The minimum Gasteiger partial charge on any atom is -0.344 e. The van der Waals surface area contributed by atoms with Crippen LogP contribution in [0.3, 0.4) is 0 Å². The fourth-order valence-corrected chi connectivity index (χ4v) is 3.01. The summed E-state index contributed by atoms with van der Waals surface area (Å²) < 4.78 is 15.4. The summed E-state index contributed by atoms with van der Waals surface area (Å²) in [6.07, 6.45) is 0. The summed E-state index contributed by atoms with van der Waals surface area (Å²) in [5.41, 5.74) is 0.379. The molecular weight excluding hydrogens is 404 g/mol. The van der Waals surface area contributed by atoms with Gasteiger partial charge in [-0.1, -0.05) is 41.4 Å². The fraction of sp³-hybridized carbons (Fsp3) is 0.150. The molecule has 0 fully saturated rings. The molecule has 2 aromatic carbocycles. The van der Waals surface area contributed by atoms with E-state index in [1.807, 2.05) is 0 Å². The SMILES string of the molecule is Cc1cc(=O)c(C(=O)NC(C)c2ccc(Cl)c(Cl)c2)nn1-c1ccccc1F. The smallest absolute Gasteiger partial charge is 0.276 e. The first-order valence-electron chi connectivity index (χ1n) is 8.39. The minimum atomic E-state index is -0.673. The van der Waals surface area contributed by atoms with E-state index in [-0.39, 0.29) is 11.4 Å². The molecule has 1 unspecified atom stereocenters. The van der Waals surface area contributed by atoms with Crippen molar-refractivity contribution < 1.29 is 9.18 Å². The van der Waals surface area contributed by atoms with Crippen molar-refractivity contribution in [1.82, 2.24) is 15.1 Å². The van der Waals surface area contributed by atoms with Crippen molar-refractivity contribution >= 4 is 29.1 Å². The number of aryl methyl sites for hydroxylation is 1. The second kappa shape index (κ2) is 8.12. The van der Waals surface area contributed by atoms with Gasteiger partial charge in [0.05, 0.1) is 16.1 Å². The molecule has 0 radical (unpaired) electrons. The van der Waals surface area contributed by atoms with E-state index in [9.17, 15) is 14.0 Å². The molecule has 144 valence electrons. The zero-order valence-corrected chi connectivity index (χ0v) is 16.6. The van der Waals surface area contributed by atoms with Crippen LogP contribution in [0.5, 0.6) is 0 Å². The predicted molar refractivity (Wildman–Crippen MR) is 107 cm³/mol. The van der Waals surface area contributed by atoms with Gasteiger partial charge < -0.3 is 5.32 Å². The third kappa shape index (κ3) is 4.08. The molecular formula is C20H16Cl2FN3O2. The van der Waals surface area contributed by atoms with Crippen molar-refractivity contribution in [2.75, 3.05) is 0 Å². The van der Waals surface area contributed by atoms with Gasteiger partial charge in [-0.2, -0.15) is 5.10 Å². The average molecular weight is 420 g/mol. The highest BCUT2D eigenvalue weighted by molar-refractivity contribution is 6.42. The number of hydrogen-bond acceptors (Lipinski definition) is 3. The Balaban J connectivity index is 1.93. The summed E-state index contributed by atoms with van der Waals surface area (Å²) in [5, 5.41) is 7.55. The highest BCUT2D eigenvalue weighted by atomic mass is 35.5. The van der Waals surface area contributed by atoms with Crippen molar-refractivity contribution in [2.45, 2.75) is 19.9 Å². The molecule has 0 bridgehead atoms. The second-order valence-corrected chi connectivity index (χ2v) is 7.04. The molecule has 0 saturated heterocycles. The number of carbonyl (C=O) groups excluding carboxylic acids is 1. The van der Waals surface area contributed by atoms with Crippen LogP contribution in [0.25, 0.3) is 5.69 Å². The summed E-state index contributed by atoms with van der Waals surface area (Å²) in [6, 6.07) is 11.8. The number of rotatable bonds is 4. The van der Waals surface area contributed by atoms with E-state index < -0.39 is 23.2 Å². The average Bonchev–Trinajstić information content (AvgIpc) is 2.64. The standard InChI is InChI=1S/C20H16Cl2FN3O2/c1-11-9-18(27)19(25-26(11)17-6-4-3-5-16(17)23)20(28)24-12(2)13-7-8-14(21)15(22)10-13/h3-10,12H,1-2H3,(H,24,28). The van der Waals surface area contributed by atoms with Crippen LogP contribution in [-0.4, -0.2) is 15.7 Å². The first kappa shape index (κ1) is 20.0. The van der Waals surface area contributed by atoms with Gasteiger partial charge in [-0.3, -0.25) is 9.59 Å². The van der Waals surface area contributed by atoms with E-state index >= 15 is 0 Å². The van der Waals surface area contributed by atoms with Crippen molar-refractivity contribution in [3.8, 4) is 5.69 Å². The monoisotopic (exact) mass is 419 g/mol. The van der Waals surface area contributed by atoms with Gasteiger partial charge in [-0.15, -0.1) is 0 Å². The molecule has 1 amide bonds. The maximum absolute atomic E-state index is 14.1. The Kier molecular flexibility index (Phi) is 5.82. The van der Waals surface area contributed by atoms with Gasteiger partial charge in [0, 0.05) is 11.8 Å². The highest BCUT2D eigenvalue weighted by Gasteiger charge is 2.19. The van der Waals surface area contributed by atoms with E-state index in [1.54, 1.807) is 44.2 Å². The van der Waals surface area contributed by atoms with Gasteiger partial charge >= 0.3 is 0 Å². The number of amides is 1. The zero-order chi connectivity index (χ0) is 20.4. The van der Waals surface area contributed by atoms with E-state index in [2.05, 4.69) is 10.4 Å². The van der Waals surface area contributed by atoms with Crippen LogP contribution >= 0.6 is 23.2 Å². The third-order valence-corrected chi connectivity index (χ3v) is 4.93. The summed E-state index contributed by atoms with van der Waals surface area (Å²) in [6.45, 7) is 3.35. The topological polar surface area (TPSA) is 64.0 Å². The van der Waals surface area contributed by atoms with Crippen molar-refractivity contribution in [1.29, 1.82) is 0 Å². The van der Waals surface area contributed by atoms with Crippen LogP contribution in [0, 0.1) is 12.7 Å². The molecule has 3 rings (SSSR count). The van der Waals surface area contributed by atoms with Gasteiger partial charge in [0.15, 0.2) is 5.69 Å². The predicted octanol–water partition coefficient (Wildman–Crippen LogP) is 4.48. The molecule has 3 aromatic rings. The lowest BCUT2D eigenvalue weighted by Crippen LogP contribution is -2.33. The Morgan fingerprint density at radius 2 is 1.86 bits per heavy atom. The van der Waals surface area contributed by atoms with E-state index in [0.717, 1.165) is 0 Å². The molecule has 1 aromatic heterocycles. The first-order valence-corrected chi connectivity index (χ1v) is 9.15. The van der Waals surface area contributed by atoms with Gasteiger partial charge in [0.2, 0.25) is 5.43 Å². The maximum Gasteiger partial charge on any atom is 0.276 e. The van der Waals surface area contributed by atoms with Gasteiger partial charge in [0.25, 0.3) is 5.91 Å². The minimum absolute atomic E-state index is 0.145. The van der Waals surface area contributed by atoms with Crippen LogP contribution < -0.4 is 10.7 Å². The lowest BCUT2D eigenvalue weighted by molar-refractivity contribution is 0.0931. The van der Waals surface area contributed by atoms with Gasteiger partial charge in [-0.25, -0.2) is 9.07 Å². The number of nitrogens with zero attached hydrogens (tertiary/aromatic N) is 2. The van der Waals surface area contributed by atoms with Crippen LogP contribution in [-0.2, 0) is 0 Å². The highest BCUT2D eigenvalue weighted by Crippen LogP contribution is 2.25. The Labute approximate surface area is 170 Å². The van der Waals surface area contributed by atoms with Crippen molar-refractivity contribution in [2.24, 2.45) is 0 Å². The summed E-state index contributed by atoms with van der Waals surface area (Å²) >= 11 is 11.9. The number of aromatic nitrogens is 2. The normalized spacial score (nSPS) is 11.9. The molecule has 5 nitrogen and oxygen atoms in total. The van der Waals surface area contributed by atoms with Crippen LogP contribution in [0.15, 0.2) is 53.3 Å². The van der Waals surface area contributed by atoms with E-state index in [0.29, 0.717) is 21.3 Å². The number of nitrogens with one attached hydrogen (secondary N) is 1. The first-order chi connectivity index (χ1) is 13.3. The summed E-state index contributed by atoms with van der Waals surface area (Å²) in [4.78, 5) is 24.9. The van der Waals surface area contributed by atoms with Crippen molar-refractivity contribution in [3.63, 3.8) is 0 Å². The zero-order valence-electron chi connectivity index (χ0n) is 15.0. The number of hydrogen-bond donors (Lipinski definition) is 1. The Hall–Kier alpha value is -2.70. The molecule has 0 aliphatic carbocycles. The van der Waals surface area contributed by atoms with E-state index in [1.165, 1.54) is 22.9 Å². The maximum atomic E-state index is 14.1. The van der Waals surface area contributed by atoms with Gasteiger partial charge in [-0.05, 0) is 43.7 Å². The lowest BCUT2D eigenvalue weighted by atomic mass is 10.1. The van der Waals surface area contributed by atoms with E-state index in [4.69, 9.17) is 23.2 Å². The molecule has 8 heteroatoms. The number of benzene rings is 2. The Morgan fingerprint density at radius 1 is 1.14 bits per heavy atom. The fourth-order valence-electron chi connectivity index (χ4n) is 2.70. The number of halogens is 3. The molecule has 1 heterocycles. The number of carbonyl (C=O) groups is 1. The summed E-state index contributed by atoms with van der Waals surface area (Å²) in [5.74, 6) is -1.19. The molecule has 1 atom stereocenters. The van der Waals surface area contributed by atoms with Crippen LogP contribution in [0.1, 0.15) is 34.7 Å². The molecule has 0 spiro atoms.